The van der Waals surface area contributed by atoms with Crippen molar-refractivity contribution in [2.24, 2.45) is 7.05 Å². The predicted molar refractivity (Wildman–Crippen MR) is 101 cm³/mol. The van der Waals surface area contributed by atoms with Gasteiger partial charge in [0.15, 0.2) is 0 Å². The van der Waals surface area contributed by atoms with Gasteiger partial charge in [0.05, 0.1) is 11.9 Å². The van der Waals surface area contributed by atoms with Gasteiger partial charge in [-0.3, -0.25) is 9.36 Å². The Morgan fingerprint density at radius 1 is 1.10 bits per heavy atom. The zero-order valence-electron chi connectivity index (χ0n) is 16.6. The summed E-state index contributed by atoms with van der Waals surface area (Å²) in [5.41, 5.74) is 4.26. The number of aromatic nitrogens is 8. The minimum absolute atomic E-state index is 0.121. The summed E-state index contributed by atoms with van der Waals surface area (Å²) in [5, 5.41) is 13.0. The number of aryl methyl sites for hydroxylation is 3. The van der Waals surface area contributed by atoms with Gasteiger partial charge in [0.25, 0.3) is 5.78 Å². The average Bonchev–Trinajstić information content (AvgIpc) is 2.96. The molecule has 8 nitrogen and oxygen atoms in total. The smallest absolute Gasteiger partial charge is 0.264 e. The SMILES string of the molecule is Cc1cc(C)n2nc(-c3cc([C@@H]4CC4c4cnn(CC(F)(F)F)c4)nn3C)nc2n1. The van der Waals surface area contributed by atoms with Crippen molar-refractivity contribution in [2.75, 3.05) is 0 Å². The van der Waals surface area contributed by atoms with E-state index in [1.165, 1.54) is 12.4 Å². The van der Waals surface area contributed by atoms with E-state index in [1.54, 1.807) is 9.20 Å². The second kappa shape index (κ2) is 6.38. The molecule has 0 spiro atoms. The van der Waals surface area contributed by atoms with Gasteiger partial charge in [-0.25, -0.2) is 9.50 Å². The lowest BCUT2D eigenvalue weighted by molar-refractivity contribution is -0.142. The summed E-state index contributed by atoms with van der Waals surface area (Å²) in [6.07, 6.45) is -0.468. The first-order valence-corrected chi connectivity index (χ1v) is 9.52. The summed E-state index contributed by atoms with van der Waals surface area (Å²) in [7, 11) is 1.83. The van der Waals surface area contributed by atoms with Crippen LogP contribution in [0.3, 0.4) is 0 Å². The van der Waals surface area contributed by atoms with Crippen LogP contribution in [0.2, 0.25) is 0 Å². The molecule has 0 saturated heterocycles. The molecule has 4 aromatic heterocycles. The summed E-state index contributed by atoms with van der Waals surface area (Å²) in [6, 6.07) is 3.88. The zero-order valence-corrected chi connectivity index (χ0v) is 16.6. The van der Waals surface area contributed by atoms with Crippen molar-refractivity contribution in [3.05, 3.63) is 47.2 Å². The molecule has 11 heteroatoms. The van der Waals surface area contributed by atoms with Crippen molar-refractivity contribution in [1.82, 2.24) is 39.1 Å². The zero-order chi connectivity index (χ0) is 21.2. The Kier molecular flexibility index (Phi) is 3.99. The number of nitrogens with zero attached hydrogens (tertiary/aromatic N) is 8. The van der Waals surface area contributed by atoms with E-state index in [4.69, 9.17) is 0 Å². The molecule has 0 aromatic carbocycles. The van der Waals surface area contributed by atoms with Gasteiger partial charge in [-0.2, -0.15) is 28.4 Å². The van der Waals surface area contributed by atoms with Gasteiger partial charge >= 0.3 is 6.18 Å². The van der Waals surface area contributed by atoms with E-state index in [-0.39, 0.29) is 11.8 Å². The maximum absolute atomic E-state index is 12.5. The van der Waals surface area contributed by atoms with Gasteiger partial charge in [0.1, 0.15) is 12.2 Å². The predicted octanol–water partition coefficient (Wildman–Crippen LogP) is 3.17. The Balaban J connectivity index is 1.39. The third-order valence-corrected chi connectivity index (χ3v) is 5.34. The van der Waals surface area contributed by atoms with Crippen molar-refractivity contribution < 1.29 is 13.2 Å². The van der Waals surface area contributed by atoms with Gasteiger partial charge in [0.2, 0.25) is 5.82 Å². The summed E-state index contributed by atoms with van der Waals surface area (Å²) in [5.74, 6) is 1.34. The van der Waals surface area contributed by atoms with Crippen molar-refractivity contribution in [3.63, 3.8) is 0 Å². The van der Waals surface area contributed by atoms with Crippen molar-refractivity contribution in [1.29, 1.82) is 0 Å². The topological polar surface area (TPSA) is 78.7 Å². The second-order valence-corrected chi connectivity index (χ2v) is 7.80. The standard InChI is InChI=1S/C19H19F3N8/c1-10-4-11(2)30-18(24-10)25-17(27-30)16-6-15(26-28(16)3)14-5-13(14)12-7-23-29(8-12)9-19(20,21)22/h4,6-8,13-14H,5,9H2,1-3H3/t13?,14-/m1/s1. The molecule has 1 aliphatic carbocycles. The lowest BCUT2D eigenvalue weighted by Crippen LogP contribution is -2.17. The highest BCUT2D eigenvalue weighted by molar-refractivity contribution is 5.54. The Morgan fingerprint density at radius 2 is 1.90 bits per heavy atom. The van der Waals surface area contributed by atoms with Gasteiger partial charge in [-0.1, -0.05) is 0 Å². The molecule has 2 atom stereocenters. The molecule has 1 saturated carbocycles. The lowest BCUT2D eigenvalue weighted by atomic mass is 10.1. The fourth-order valence-corrected chi connectivity index (χ4v) is 3.89. The molecule has 0 amide bonds. The molecule has 1 fully saturated rings. The average molecular weight is 416 g/mol. The molecule has 0 radical (unpaired) electrons. The number of hydrogen-bond acceptors (Lipinski definition) is 5. The van der Waals surface area contributed by atoms with Gasteiger partial charge < -0.3 is 0 Å². The van der Waals surface area contributed by atoms with Crippen molar-refractivity contribution >= 4 is 5.78 Å². The first-order valence-electron chi connectivity index (χ1n) is 9.52. The molecule has 156 valence electrons. The van der Waals surface area contributed by atoms with Crippen molar-refractivity contribution in [3.8, 4) is 11.5 Å². The highest BCUT2D eigenvalue weighted by atomic mass is 19.4. The Morgan fingerprint density at radius 3 is 2.67 bits per heavy atom. The van der Waals surface area contributed by atoms with Crippen LogP contribution in [0.15, 0.2) is 24.5 Å². The minimum Gasteiger partial charge on any atom is -0.264 e. The number of halogens is 3. The maximum atomic E-state index is 12.5. The molecule has 1 aliphatic rings. The van der Waals surface area contributed by atoms with Gasteiger partial charge in [-0.15, -0.1) is 5.10 Å². The molecule has 0 aliphatic heterocycles. The Hall–Kier alpha value is -3.24. The molecule has 5 rings (SSSR count). The summed E-state index contributed by atoms with van der Waals surface area (Å²) in [6.45, 7) is 2.78. The largest absolute Gasteiger partial charge is 0.408 e. The molecule has 0 bridgehead atoms. The number of hydrogen-bond donors (Lipinski definition) is 0. The van der Waals surface area contributed by atoms with E-state index in [9.17, 15) is 13.2 Å². The van der Waals surface area contributed by atoms with Crippen LogP contribution < -0.4 is 0 Å². The summed E-state index contributed by atoms with van der Waals surface area (Å²) in [4.78, 5) is 8.95. The highest BCUT2D eigenvalue weighted by Crippen LogP contribution is 2.54. The van der Waals surface area contributed by atoms with Crippen LogP contribution in [0, 0.1) is 13.8 Å². The quantitative estimate of drug-likeness (QED) is 0.511. The Bertz CT molecular complexity index is 1250. The fraction of sp³-hybridized carbons (Fsp3) is 0.421. The molecular formula is C19H19F3N8. The second-order valence-electron chi connectivity index (χ2n) is 7.80. The van der Waals surface area contributed by atoms with E-state index in [0.717, 1.165) is 39.4 Å². The molecular weight excluding hydrogens is 397 g/mol. The van der Waals surface area contributed by atoms with E-state index in [0.29, 0.717) is 11.6 Å². The van der Waals surface area contributed by atoms with E-state index in [2.05, 4.69) is 25.3 Å². The molecule has 1 unspecified atom stereocenters. The number of rotatable bonds is 4. The first kappa shape index (κ1) is 18.8. The highest BCUT2D eigenvalue weighted by Gasteiger charge is 2.42. The maximum Gasteiger partial charge on any atom is 0.408 e. The molecule has 0 N–H and O–H groups in total. The minimum atomic E-state index is -4.28. The van der Waals surface area contributed by atoms with Crippen LogP contribution in [-0.4, -0.2) is 45.3 Å². The third-order valence-electron chi connectivity index (χ3n) is 5.34. The molecule has 30 heavy (non-hydrogen) atoms. The number of fused-ring (bicyclic) bond motifs is 1. The fourth-order valence-electron chi connectivity index (χ4n) is 3.89. The third kappa shape index (κ3) is 3.33. The van der Waals surface area contributed by atoms with Crippen LogP contribution in [0.1, 0.15) is 40.9 Å². The van der Waals surface area contributed by atoms with Crippen LogP contribution >= 0.6 is 0 Å². The van der Waals surface area contributed by atoms with E-state index < -0.39 is 12.7 Å². The number of alkyl halides is 3. The van der Waals surface area contributed by atoms with Gasteiger partial charge in [0, 0.05) is 30.6 Å². The van der Waals surface area contributed by atoms with Crippen LogP contribution in [0.4, 0.5) is 13.2 Å². The van der Waals surface area contributed by atoms with E-state index >= 15 is 0 Å². The summed E-state index contributed by atoms with van der Waals surface area (Å²) >= 11 is 0. The van der Waals surface area contributed by atoms with Crippen molar-refractivity contribution in [2.45, 2.75) is 44.8 Å². The van der Waals surface area contributed by atoms with Crippen LogP contribution in [0.5, 0.6) is 0 Å². The first-order chi connectivity index (χ1) is 14.2. The molecule has 4 aromatic rings. The monoisotopic (exact) mass is 416 g/mol. The molecule has 4 heterocycles. The lowest BCUT2D eigenvalue weighted by Gasteiger charge is -2.04. The van der Waals surface area contributed by atoms with Gasteiger partial charge in [-0.05, 0) is 43.9 Å². The Labute approximate surface area is 169 Å². The van der Waals surface area contributed by atoms with Crippen LogP contribution in [0.25, 0.3) is 17.3 Å². The van der Waals surface area contributed by atoms with Crippen LogP contribution in [-0.2, 0) is 13.6 Å². The normalized spacial score (nSPS) is 19.0. The van der Waals surface area contributed by atoms with E-state index in [1.807, 2.05) is 33.0 Å². The summed E-state index contributed by atoms with van der Waals surface area (Å²) < 4.78 is 42.0.